The van der Waals surface area contributed by atoms with E-state index in [9.17, 15) is 8.42 Å². The first-order chi connectivity index (χ1) is 8.05. The average Bonchev–Trinajstić information content (AvgIpc) is 2.80. The summed E-state index contributed by atoms with van der Waals surface area (Å²) in [5, 5.41) is 0.625. The van der Waals surface area contributed by atoms with E-state index in [-0.39, 0.29) is 11.8 Å². The third-order valence-corrected chi connectivity index (χ3v) is 4.55. The highest BCUT2D eigenvalue weighted by atomic mass is 35.5. The number of nitrogens with zero attached hydrogens (tertiary/aromatic N) is 2. The maximum atomic E-state index is 11.4. The Bertz CT molecular complexity index is 680. The Kier molecular flexibility index (Phi) is 2.39. The molecule has 2 heterocycles. The Morgan fingerprint density at radius 2 is 2.29 bits per heavy atom. The van der Waals surface area contributed by atoms with Crippen molar-refractivity contribution in [3.63, 3.8) is 0 Å². The summed E-state index contributed by atoms with van der Waals surface area (Å²) in [7, 11) is -3.12. The second-order valence-electron chi connectivity index (χ2n) is 4.07. The summed E-state index contributed by atoms with van der Waals surface area (Å²) in [5.74, 6) is 0.0983. The molecule has 1 aromatic heterocycles. The second-order valence-corrected chi connectivity index (χ2v) is 6.36. The van der Waals surface area contributed by atoms with Crippen LogP contribution in [-0.2, 0) is 10.0 Å². The zero-order chi connectivity index (χ0) is 12.0. The van der Waals surface area contributed by atoms with Crippen LogP contribution in [0.15, 0.2) is 24.5 Å². The van der Waals surface area contributed by atoms with Crippen LogP contribution in [0.5, 0.6) is 0 Å². The van der Waals surface area contributed by atoms with Crippen molar-refractivity contribution in [1.82, 2.24) is 14.3 Å². The van der Waals surface area contributed by atoms with Crippen molar-refractivity contribution in [3.05, 3.63) is 29.5 Å². The average molecular weight is 272 g/mol. The van der Waals surface area contributed by atoms with Crippen molar-refractivity contribution in [2.45, 2.75) is 6.04 Å². The maximum absolute atomic E-state index is 11.4. The number of hydrogen-bond donors (Lipinski definition) is 1. The molecule has 5 nitrogen and oxygen atoms in total. The Labute approximate surface area is 103 Å². The molecule has 1 aliphatic heterocycles. The lowest BCUT2D eigenvalue weighted by atomic mass is 10.3. The van der Waals surface area contributed by atoms with Crippen LogP contribution in [-0.4, -0.2) is 30.3 Å². The van der Waals surface area contributed by atoms with Gasteiger partial charge in [0.05, 0.1) is 29.2 Å². The summed E-state index contributed by atoms with van der Waals surface area (Å²) in [5.41, 5.74) is 1.68. The molecule has 3 rings (SSSR count). The van der Waals surface area contributed by atoms with Crippen molar-refractivity contribution < 1.29 is 8.42 Å². The van der Waals surface area contributed by atoms with Gasteiger partial charge in [-0.05, 0) is 18.2 Å². The largest absolute Gasteiger partial charge is 0.325 e. The fourth-order valence-electron chi connectivity index (χ4n) is 2.07. The molecule has 17 heavy (non-hydrogen) atoms. The summed E-state index contributed by atoms with van der Waals surface area (Å²) in [6, 6.07) is 5.30. The lowest BCUT2D eigenvalue weighted by molar-refractivity contribution is 0.586. The van der Waals surface area contributed by atoms with E-state index in [1.54, 1.807) is 18.5 Å². The van der Waals surface area contributed by atoms with Gasteiger partial charge in [0.1, 0.15) is 0 Å². The molecule has 1 unspecified atom stereocenters. The van der Waals surface area contributed by atoms with E-state index in [1.807, 2.05) is 10.6 Å². The van der Waals surface area contributed by atoms with Gasteiger partial charge in [0.2, 0.25) is 10.0 Å². The molecule has 1 N–H and O–H groups in total. The van der Waals surface area contributed by atoms with Crippen LogP contribution in [0.2, 0.25) is 5.02 Å². The fourth-order valence-corrected chi connectivity index (χ4v) is 3.58. The van der Waals surface area contributed by atoms with Crippen molar-refractivity contribution in [2.75, 3.05) is 12.3 Å². The molecule has 1 aliphatic rings. The van der Waals surface area contributed by atoms with Crippen LogP contribution in [0.25, 0.3) is 11.0 Å². The molecule has 0 bridgehead atoms. The fraction of sp³-hybridized carbons (Fsp3) is 0.300. The predicted molar refractivity (Wildman–Crippen MR) is 65.6 cm³/mol. The third-order valence-electron chi connectivity index (χ3n) is 2.88. The molecule has 1 fully saturated rings. The molecule has 0 radical (unpaired) electrons. The van der Waals surface area contributed by atoms with E-state index >= 15 is 0 Å². The normalized spacial score (nSPS) is 23.2. The van der Waals surface area contributed by atoms with Crippen LogP contribution < -0.4 is 4.72 Å². The van der Waals surface area contributed by atoms with Gasteiger partial charge in [0.15, 0.2) is 0 Å². The number of halogens is 1. The molecular weight excluding hydrogens is 262 g/mol. The smallest absolute Gasteiger partial charge is 0.213 e. The monoisotopic (exact) mass is 271 g/mol. The van der Waals surface area contributed by atoms with Crippen LogP contribution >= 0.6 is 11.6 Å². The van der Waals surface area contributed by atoms with Gasteiger partial charge < -0.3 is 4.57 Å². The zero-order valence-corrected chi connectivity index (χ0v) is 10.4. The molecular formula is C10H10ClN3O2S. The number of nitrogens with one attached hydrogen (secondary N) is 1. The topological polar surface area (TPSA) is 64.0 Å². The number of rotatable bonds is 1. The first-order valence-corrected chi connectivity index (χ1v) is 7.18. The highest BCUT2D eigenvalue weighted by molar-refractivity contribution is 7.89. The highest BCUT2D eigenvalue weighted by Gasteiger charge is 2.29. The van der Waals surface area contributed by atoms with Crippen LogP contribution in [0.4, 0.5) is 0 Å². The van der Waals surface area contributed by atoms with E-state index < -0.39 is 10.0 Å². The summed E-state index contributed by atoms with van der Waals surface area (Å²) < 4.78 is 27.1. The van der Waals surface area contributed by atoms with E-state index in [0.29, 0.717) is 11.6 Å². The van der Waals surface area contributed by atoms with Crippen LogP contribution in [0, 0.1) is 0 Å². The van der Waals surface area contributed by atoms with Gasteiger partial charge in [-0.15, -0.1) is 0 Å². The Balaban J connectivity index is 2.07. The maximum Gasteiger partial charge on any atom is 0.213 e. The summed E-state index contributed by atoms with van der Waals surface area (Å²) in [4.78, 5) is 4.23. The van der Waals surface area contributed by atoms with Gasteiger partial charge in [-0.2, -0.15) is 0 Å². The van der Waals surface area contributed by atoms with Crippen LogP contribution in [0.1, 0.15) is 6.04 Å². The lowest BCUT2D eigenvalue weighted by Crippen LogP contribution is -2.15. The molecule has 1 atom stereocenters. The van der Waals surface area contributed by atoms with Gasteiger partial charge in [0.25, 0.3) is 0 Å². The number of aromatic nitrogens is 2. The summed E-state index contributed by atoms with van der Waals surface area (Å²) >= 11 is 5.88. The SMILES string of the molecule is O=S1(=O)CC(n2cnc3cc(Cl)ccc32)CN1. The minimum absolute atomic E-state index is 0.0983. The molecule has 0 amide bonds. The van der Waals surface area contributed by atoms with Gasteiger partial charge in [-0.25, -0.2) is 18.1 Å². The first kappa shape index (κ1) is 11.0. The minimum atomic E-state index is -3.12. The number of fused-ring (bicyclic) bond motifs is 1. The second kappa shape index (κ2) is 3.69. The van der Waals surface area contributed by atoms with Crippen molar-refractivity contribution >= 4 is 32.7 Å². The van der Waals surface area contributed by atoms with E-state index in [4.69, 9.17) is 11.6 Å². The van der Waals surface area contributed by atoms with Crippen molar-refractivity contribution in [1.29, 1.82) is 0 Å². The Hall–Kier alpha value is -1.11. The number of sulfonamides is 1. The standard InChI is InChI=1S/C10H10ClN3O2S/c11-7-1-2-10-9(3-7)12-6-14(10)8-4-13-17(15,16)5-8/h1-3,6,8,13H,4-5H2. The number of benzene rings is 1. The predicted octanol–water partition coefficient (Wildman–Crippen LogP) is 1.16. The molecule has 90 valence electrons. The van der Waals surface area contributed by atoms with E-state index in [1.165, 1.54) is 0 Å². The molecule has 0 aliphatic carbocycles. The van der Waals surface area contributed by atoms with Crippen LogP contribution in [0.3, 0.4) is 0 Å². The Morgan fingerprint density at radius 3 is 3.00 bits per heavy atom. The van der Waals surface area contributed by atoms with Gasteiger partial charge in [-0.3, -0.25) is 0 Å². The Morgan fingerprint density at radius 1 is 1.47 bits per heavy atom. The summed E-state index contributed by atoms with van der Waals surface area (Å²) in [6.45, 7) is 0.413. The zero-order valence-electron chi connectivity index (χ0n) is 8.80. The quantitative estimate of drug-likeness (QED) is 0.847. The van der Waals surface area contributed by atoms with Crippen molar-refractivity contribution in [3.8, 4) is 0 Å². The first-order valence-electron chi connectivity index (χ1n) is 5.15. The number of hydrogen-bond acceptors (Lipinski definition) is 3. The molecule has 0 saturated carbocycles. The number of imidazole rings is 1. The van der Waals surface area contributed by atoms with Crippen molar-refractivity contribution in [2.24, 2.45) is 0 Å². The lowest BCUT2D eigenvalue weighted by Gasteiger charge is -2.09. The van der Waals surface area contributed by atoms with Gasteiger partial charge in [-0.1, -0.05) is 11.6 Å². The molecule has 0 spiro atoms. The van der Waals surface area contributed by atoms with E-state index in [0.717, 1.165) is 11.0 Å². The van der Waals surface area contributed by atoms with E-state index in [2.05, 4.69) is 9.71 Å². The van der Waals surface area contributed by atoms with Gasteiger partial charge in [0, 0.05) is 11.6 Å². The third kappa shape index (κ3) is 1.92. The highest BCUT2D eigenvalue weighted by Crippen LogP contribution is 2.23. The summed E-state index contributed by atoms with van der Waals surface area (Å²) in [6.07, 6.45) is 1.66. The minimum Gasteiger partial charge on any atom is -0.325 e. The molecule has 2 aromatic rings. The molecule has 7 heteroatoms. The van der Waals surface area contributed by atoms with Gasteiger partial charge >= 0.3 is 0 Å². The molecule has 1 aromatic carbocycles. The molecule has 1 saturated heterocycles.